The van der Waals surface area contributed by atoms with Crippen molar-refractivity contribution < 1.29 is 21.6 Å². The molecule has 0 aromatic heterocycles. The van der Waals surface area contributed by atoms with E-state index in [9.17, 15) is 21.6 Å². The van der Waals surface area contributed by atoms with Gasteiger partial charge in [0.1, 0.15) is 0 Å². The van der Waals surface area contributed by atoms with Gasteiger partial charge in [-0.05, 0) is 44.9 Å². The van der Waals surface area contributed by atoms with Crippen LogP contribution in [0.2, 0.25) is 0 Å². The number of halogens is 4. The predicted octanol–water partition coefficient (Wildman–Crippen LogP) is 2.72. The number of nitrogens with one attached hydrogen (secondary N) is 2. The molecule has 1 heterocycles. The normalized spacial score (nSPS) is 29.8. The van der Waals surface area contributed by atoms with Crippen LogP contribution in [-0.2, 0) is 9.84 Å². The monoisotopic (exact) mass is 497 g/mol. The van der Waals surface area contributed by atoms with E-state index in [4.69, 9.17) is 0 Å². The maximum Gasteiger partial charge on any atom is 0.391 e. The minimum Gasteiger partial charge on any atom is -0.357 e. The molecule has 0 amide bonds. The van der Waals surface area contributed by atoms with Gasteiger partial charge in [-0.1, -0.05) is 0 Å². The van der Waals surface area contributed by atoms with E-state index in [1.807, 2.05) is 6.92 Å². The maximum atomic E-state index is 12.7. The Labute approximate surface area is 164 Å². The average molecular weight is 497 g/mol. The predicted molar refractivity (Wildman–Crippen MR) is 103 cm³/mol. The lowest BCUT2D eigenvalue weighted by molar-refractivity contribution is -0.182. The Morgan fingerprint density at radius 2 is 1.80 bits per heavy atom. The lowest BCUT2D eigenvalue weighted by Crippen LogP contribution is -2.46. The summed E-state index contributed by atoms with van der Waals surface area (Å²) < 4.78 is 61.0. The van der Waals surface area contributed by atoms with Gasteiger partial charge in [0.2, 0.25) is 0 Å². The molecule has 1 aliphatic heterocycles. The number of hydrogen-bond acceptors (Lipinski definition) is 3. The fourth-order valence-electron chi connectivity index (χ4n) is 3.31. The van der Waals surface area contributed by atoms with E-state index in [-0.39, 0.29) is 60.3 Å². The summed E-state index contributed by atoms with van der Waals surface area (Å²) in [6, 6.07) is -0.0197. The van der Waals surface area contributed by atoms with E-state index in [1.54, 1.807) is 0 Å². The first-order valence-electron chi connectivity index (χ1n) is 8.51. The number of nitrogens with zero attached hydrogens (tertiary/aromatic N) is 1. The third kappa shape index (κ3) is 7.48. The second kappa shape index (κ2) is 9.61. The number of rotatable bonds is 4. The molecule has 1 aliphatic carbocycles. The SMILES string of the molecule is CCNC(=NCC1CCS(=O)(=O)C1)NC1CCC(C(F)(F)F)CC1.I. The zero-order valence-electron chi connectivity index (χ0n) is 14.3. The third-order valence-corrected chi connectivity index (χ3v) is 6.55. The Hall–Kier alpha value is -0.260. The van der Waals surface area contributed by atoms with Gasteiger partial charge in [0, 0.05) is 19.1 Å². The number of alkyl halides is 3. The quantitative estimate of drug-likeness (QED) is 0.356. The van der Waals surface area contributed by atoms with Crippen molar-refractivity contribution in [3.63, 3.8) is 0 Å². The van der Waals surface area contributed by atoms with Crippen molar-refractivity contribution >= 4 is 39.8 Å². The summed E-state index contributed by atoms with van der Waals surface area (Å²) in [6.45, 7) is 2.98. The summed E-state index contributed by atoms with van der Waals surface area (Å²) in [5, 5.41) is 6.28. The fraction of sp³-hybridized carbons (Fsp3) is 0.933. The molecule has 1 saturated carbocycles. The second-order valence-electron chi connectivity index (χ2n) is 6.72. The van der Waals surface area contributed by atoms with Crippen LogP contribution in [-0.4, -0.2) is 51.2 Å². The first-order chi connectivity index (χ1) is 11.2. The molecular formula is C15H27F3IN3O2S. The highest BCUT2D eigenvalue weighted by molar-refractivity contribution is 14.0. The molecule has 0 aromatic carbocycles. The van der Waals surface area contributed by atoms with Crippen molar-refractivity contribution in [2.24, 2.45) is 16.8 Å². The topological polar surface area (TPSA) is 70.6 Å². The van der Waals surface area contributed by atoms with Crippen molar-refractivity contribution in [3.8, 4) is 0 Å². The van der Waals surface area contributed by atoms with Crippen LogP contribution in [0.3, 0.4) is 0 Å². The standard InChI is InChI=1S/C15H26F3N3O2S.HI/c1-2-19-14(20-9-11-7-8-24(22,23)10-11)21-13-5-3-12(4-6-13)15(16,17)18;/h11-13H,2-10H2,1H3,(H2,19,20,21);1H. The smallest absolute Gasteiger partial charge is 0.357 e. The molecule has 2 aliphatic rings. The van der Waals surface area contributed by atoms with Gasteiger partial charge in [-0.25, -0.2) is 8.42 Å². The zero-order chi connectivity index (χ0) is 17.8. The summed E-state index contributed by atoms with van der Waals surface area (Å²) in [4.78, 5) is 4.43. The third-order valence-electron chi connectivity index (χ3n) is 4.71. The Balaban J connectivity index is 0.00000312. The Morgan fingerprint density at radius 3 is 2.28 bits per heavy atom. The summed E-state index contributed by atoms with van der Waals surface area (Å²) >= 11 is 0. The van der Waals surface area contributed by atoms with Gasteiger partial charge in [-0.3, -0.25) is 4.99 Å². The largest absolute Gasteiger partial charge is 0.391 e. The molecule has 1 atom stereocenters. The van der Waals surface area contributed by atoms with Crippen molar-refractivity contribution in [1.29, 1.82) is 0 Å². The van der Waals surface area contributed by atoms with Gasteiger partial charge >= 0.3 is 6.18 Å². The molecule has 0 bridgehead atoms. The second-order valence-corrected chi connectivity index (χ2v) is 8.95. The van der Waals surface area contributed by atoms with Crippen LogP contribution < -0.4 is 10.6 Å². The molecule has 148 valence electrons. The molecule has 2 N–H and O–H groups in total. The lowest BCUT2D eigenvalue weighted by Gasteiger charge is -2.31. The van der Waals surface area contributed by atoms with Crippen LogP contribution in [0.4, 0.5) is 13.2 Å². The molecule has 25 heavy (non-hydrogen) atoms. The van der Waals surface area contributed by atoms with Crippen molar-refractivity contribution in [2.45, 2.75) is 51.2 Å². The van der Waals surface area contributed by atoms with Crippen molar-refractivity contribution in [3.05, 3.63) is 0 Å². The molecule has 1 saturated heterocycles. The highest BCUT2D eigenvalue weighted by Gasteiger charge is 2.41. The summed E-state index contributed by atoms with van der Waals surface area (Å²) in [6.07, 6.45) is -2.26. The lowest BCUT2D eigenvalue weighted by atomic mass is 9.85. The number of aliphatic imine (C=N–C) groups is 1. The van der Waals surface area contributed by atoms with E-state index in [0.717, 1.165) is 0 Å². The summed E-state index contributed by atoms with van der Waals surface area (Å²) in [5.41, 5.74) is 0. The first-order valence-corrected chi connectivity index (χ1v) is 10.3. The highest BCUT2D eigenvalue weighted by atomic mass is 127. The van der Waals surface area contributed by atoms with Crippen LogP contribution in [0.25, 0.3) is 0 Å². The molecule has 0 spiro atoms. The van der Waals surface area contributed by atoms with Crippen LogP contribution >= 0.6 is 24.0 Å². The number of guanidine groups is 1. The van der Waals surface area contributed by atoms with E-state index >= 15 is 0 Å². The molecule has 0 radical (unpaired) electrons. The Kier molecular flexibility index (Phi) is 8.76. The van der Waals surface area contributed by atoms with Crippen LogP contribution in [0.15, 0.2) is 4.99 Å². The maximum absolute atomic E-state index is 12.7. The van der Waals surface area contributed by atoms with Crippen LogP contribution in [0.5, 0.6) is 0 Å². The average Bonchev–Trinajstić information content (AvgIpc) is 2.84. The van der Waals surface area contributed by atoms with Gasteiger partial charge in [-0.15, -0.1) is 24.0 Å². The van der Waals surface area contributed by atoms with Crippen LogP contribution in [0, 0.1) is 11.8 Å². The van der Waals surface area contributed by atoms with Gasteiger partial charge in [0.15, 0.2) is 15.8 Å². The van der Waals surface area contributed by atoms with Crippen LogP contribution in [0.1, 0.15) is 39.0 Å². The highest BCUT2D eigenvalue weighted by Crippen LogP contribution is 2.37. The molecule has 10 heteroatoms. The van der Waals surface area contributed by atoms with E-state index in [1.165, 1.54) is 0 Å². The zero-order valence-corrected chi connectivity index (χ0v) is 17.5. The minimum absolute atomic E-state index is 0. The molecule has 2 fully saturated rings. The summed E-state index contributed by atoms with van der Waals surface area (Å²) in [7, 11) is -2.92. The molecule has 5 nitrogen and oxygen atoms in total. The van der Waals surface area contributed by atoms with E-state index in [0.29, 0.717) is 38.3 Å². The van der Waals surface area contributed by atoms with E-state index in [2.05, 4.69) is 15.6 Å². The van der Waals surface area contributed by atoms with Gasteiger partial charge < -0.3 is 10.6 Å². The fourth-order valence-corrected chi connectivity index (χ4v) is 5.16. The van der Waals surface area contributed by atoms with Gasteiger partial charge in [0.05, 0.1) is 17.4 Å². The Morgan fingerprint density at radius 1 is 1.16 bits per heavy atom. The molecule has 1 unspecified atom stereocenters. The van der Waals surface area contributed by atoms with E-state index < -0.39 is 21.9 Å². The molecular weight excluding hydrogens is 470 g/mol. The van der Waals surface area contributed by atoms with Crippen molar-refractivity contribution in [2.75, 3.05) is 24.6 Å². The Bertz CT molecular complexity index is 547. The number of hydrogen-bond donors (Lipinski definition) is 2. The minimum atomic E-state index is -4.10. The number of sulfone groups is 1. The summed E-state index contributed by atoms with van der Waals surface area (Å²) in [5.74, 6) is -0.201. The van der Waals surface area contributed by atoms with Gasteiger partial charge in [-0.2, -0.15) is 13.2 Å². The van der Waals surface area contributed by atoms with Gasteiger partial charge in [0.25, 0.3) is 0 Å². The molecule has 2 rings (SSSR count). The first kappa shape index (κ1) is 22.8. The van der Waals surface area contributed by atoms with Crippen molar-refractivity contribution in [1.82, 2.24) is 10.6 Å². The molecule has 0 aromatic rings.